The van der Waals surface area contributed by atoms with E-state index in [1.54, 1.807) is 6.07 Å². The molecule has 0 aliphatic carbocycles. The fourth-order valence-electron chi connectivity index (χ4n) is 3.64. The summed E-state index contributed by atoms with van der Waals surface area (Å²) in [6.07, 6.45) is 0.109. The molecule has 1 saturated heterocycles. The van der Waals surface area contributed by atoms with Gasteiger partial charge in [0.15, 0.2) is 12.0 Å². The number of hydrogen-bond donors (Lipinski definition) is 2. The standard InChI is InChI=1S/C22H21F3N8O3/c1-12(34)20(35)32-5-4-18(16(23)10-32)36-17-3-2-13(6-14(17)7-26)19-27-11-28-22(31-19)30-15-8-29-33(9-15)21(24)25/h2-3,6,8-9,11-12,16,18,21,34H,4-5,10H2,1H3,(H,27,28,30,31)/t12-,16+,18-/m0/s1. The summed E-state index contributed by atoms with van der Waals surface area (Å²) in [5.74, 6) is -0.111. The van der Waals surface area contributed by atoms with Gasteiger partial charge in [-0.3, -0.25) is 4.79 Å². The van der Waals surface area contributed by atoms with Crippen molar-refractivity contribution >= 4 is 17.5 Å². The van der Waals surface area contributed by atoms with Crippen molar-refractivity contribution in [3.63, 3.8) is 0 Å². The van der Waals surface area contributed by atoms with Crippen LogP contribution in [-0.2, 0) is 4.79 Å². The fraction of sp³-hybridized carbons (Fsp3) is 0.364. The number of amides is 1. The molecule has 1 fully saturated rings. The van der Waals surface area contributed by atoms with Crippen LogP contribution in [0.2, 0.25) is 0 Å². The van der Waals surface area contributed by atoms with Crippen LogP contribution in [0.1, 0.15) is 25.5 Å². The van der Waals surface area contributed by atoms with Crippen LogP contribution in [-0.4, -0.2) is 72.1 Å². The molecule has 1 aromatic carbocycles. The minimum Gasteiger partial charge on any atom is -0.486 e. The molecule has 188 valence electrons. The van der Waals surface area contributed by atoms with Gasteiger partial charge in [0.25, 0.3) is 5.91 Å². The first-order valence-corrected chi connectivity index (χ1v) is 10.9. The SMILES string of the molecule is C[C@H](O)C(=O)N1CC[C@H](Oc2ccc(-c3ncnc(Nc4cnn(C(F)F)c4)n3)cc2C#N)[C@H](F)C1. The Hall–Kier alpha value is -4.25. The number of aliphatic hydroxyl groups excluding tert-OH is 1. The number of hydrogen-bond acceptors (Lipinski definition) is 9. The van der Waals surface area contributed by atoms with Gasteiger partial charge in [-0.2, -0.15) is 24.1 Å². The number of benzene rings is 1. The van der Waals surface area contributed by atoms with Gasteiger partial charge in [-0.25, -0.2) is 19.0 Å². The molecule has 1 amide bonds. The highest BCUT2D eigenvalue weighted by Gasteiger charge is 2.34. The minimum atomic E-state index is -2.79. The number of piperidine rings is 1. The summed E-state index contributed by atoms with van der Waals surface area (Å²) in [6.45, 7) is -1.46. The maximum atomic E-state index is 14.7. The van der Waals surface area contributed by atoms with E-state index in [4.69, 9.17) is 4.74 Å². The lowest BCUT2D eigenvalue weighted by atomic mass is 10.0. The van der Waals surface area contributed by atoms with Gasteiger partial charge in [-0.1, -0.05) is 0 Å². The number of alkyl halides is 3. The van der Waals surface area contributed by atoms with E-state index in [9.17, 15) is 28.3 Å². The van der Waals surface area contributed by atoms with Gasteiger partial charge in [0.2, 0.25) is 5.95 Å². The number of rotatable bonds is 7. The predicted molar refractivity (Wildman–Crippen MR) is 119 cm³/mol. The molecule has 3 atom stereocenters. The van der Waals surface area contributed by atoms with Gasteiger partial charge < -0.3 is 20.1 Å². The molecule has 0 spiro atoms. The summed E-state index contributed by atoms with van der Waals surface area (Å²) in [4.78, 5) is 25.4. The molecule has 0 radical (unpaired) electrons. The van der Waals surface area contributed by atoms with Gasteiger partial charge in [0.05, 0.1) is 30.2 Å². The van der Waals surface area contributed by atoms with Crippen molar-refractivity contribution in [1.82, 2.24) is 29.6 Å². The number of nitriles is 1. The Bertz CT molecular complexity index is 1280. The maximum absolute atomic E-state index is 14.7. The number of carbonyl (C=O) groups is 1. The number of aromatic nitrogens is 5. The van der Waals surface area contributed by atoms with E-state index in [0.717, 1.165) is 6.20 Å². The zero-order valence-corrected chi connectivity index (χ0v) is 18.9. The first kappa shape index (κ1) is 24.9. The normalized spacial score (nSPS) is 18.5. The molecule has 0 bridgehead atoms. The fourth-order valence-corrected chi connectivity index (χ4v) is 3.64. The number of carbonyl (C=O) groups excluding carboxylic acids is 1. The van der Waals surface area contributed by atoms with E-state index in [-0.39, 0.29) is 48.3 Å². The molecular weight excluding hydrogens is 481 g/mol. The smallest absolute Gasteiger partial charge is 0.333 e. The highest BCUT2D eigenvalue weighted by atomic mass is 19.3. The number of likely N-dealkylation sites (tertiary alicyclic amines) is 1. The Morgan fingerprint density at radius 3 is 2.83 bits per heavy atom. The summed E-state index contributed by atoms with van der Waals surface area (Å²) in [6, 6.07) is 6.57. The lowest BCUT2D eigenvalue weighted by Gasteiger charge is -2.35. The summed E-state index contributed by atoms with van der Waals surface area (Å²) >= 11 is 0. The predicted octanol–water partition coefficient (Wildman–Crippen LogP) is 2.44. The highest BCUT2D eigenvalue weighted by Crippen LogP contribution is 2.28. The summed E-state index contributed by atoms with van der Waals surface area (Å²) in [5.41, 5.74) is 0.813. The van der Waals surface area contributed by atoms with Crippen LogP contribution in [0.15, 0.2) is 36.9 Å². The Balaban J connectivity index is 1.47. The average molecular weight is 502 g/mol. The van der Waals surface area contributed by atoms with Crippen molar-refractivity contribution in [2.75, 3.05) is 18.4 Å². The number of aliphatic hydroxyl groups is 1. The van der Waals surface area contributed by atoms with E-state index >= 15 is 0 Å². The number of nitrogens with zero attached hydrogens (tertiary/aromatic N) is 7. The van der Waals surface area contributed by atoms with Crippen LogP contribution < -0.4 is 10.1 Å². The van der Waals surface area contributed by atoms with E-state index in [1.807, 2.05) is 6.07 Å². The van der Waals surface area contributed by atoms with Crippen LogP contribution in [0.5, 0.6) is 5.75 Å². The van der Waals surface area contributed by atoms with Crippen LogP contribution in [0.25, 0.3) is 11.4 Å². The molecule has 4 rings (SSSR count). The van der Waals surface area contributed by atoms with Crippen molar-refractivity contribution in [3.05, 3.63) is 42.5 Å². The Labute approximate surface area is 203 Å². The van der Waals surface area contributed by atoms with Crippen molar-refractivity contribution in [1.29, 1.82) is 5.26 Å². The van der Waals surface area contributed by atoms with Gasteiger partial charge in [0, 0.05) is 18.5 Å². The van der Waals surface area contributed by atoms with Crippen molar-refractivity contribution < 1.29 is 27.8 Å². The number of nitrogens with one attached hydrogen (secondary N) is 1. The molecular formula is C22H21F3N8O3. The molecule has 3 aromatic rings. The van der Waals surface area contributed by atoms with Crippen LogP contribution in [0, 0.1) is 11.3 Å². The zero-order valence-electron chi connectivity index (χ0n) is 18.9. The summed E-state index contributed by atoms with van der Waals surface area (Å²) < 4.78 is 46.3. The number of halogens is 3. The first-order chi connectivity index (χ1) is 17.2. The molecule has 1 aliphatic rings. The molecule has 2 N–H and O–H groups in total. The van der Waals surface area contributed by atoms with Gasteiger partial charge >= 0.3 is 6.55 Å². The molecule has 1 aliphatic heterocycles. The maximum Gasteiger partial charge on any atom is 0.333 e. The van der Waals surface area contributed by atoms with Crippen LogP contribution >= 0.6 is 0 Å². The quantitative estimate of drug-likeness (QED) is 0.498. The topological polar surface area (TPSA) is 142 Å². The van der Waals surface area contributed by atoms with Crippen LogP contribution in [0.3, 0.4) is 0 Å². The molecule has 0 saturated carbocycles. The van der Waals surface area contributed by atoms with E-state index < -0.39 is 30.8 Å². The van der Waals surface area contributed by atoms with Gasteiger partial charge in [-0.05, 0) is 25.1 Å². The Kier molecular flexibility index (Phi) is 7.30. The lowest BCUT2D eigenvalue weighted by molar-refractivity contribution is -0.143. The highest BCUT2D eigenvalue weighted by molar-refractivity contribution is 5.80. The second-order valence-corrected chi connectivity index (χ2v) is 7.99. The third-order valence-electron chi connectivity index (χ3n) is 5.42. The third-order valence-corrected chi connectivity index (χ3v) is 5.42. The summed E-state index contributed by atoms with van der Waals surface area (Å²) in [7, 11) is 0. The first-order valence-electron chi connectivity index (χ1n) is 10.9. The largest absolute Gasteiger partial charge is 0.486 e. The molecule has 2 aromatic heterocycles. The zero-order chi connectivity index (χ0) is 25.8. The second kappa shape index (κ2) is 10.6. The molecule has 14 heteroatoms. The van der Waals surface area contributed by atoms with E-state index in [2.05, 4.69) is 25.4 Å². The van der Waals surface area contributed by atoms with E-state index in [0.29, 0.717) is 10.2 Å². The number of ether oxygens (including phenoxy) is 1. The van der Waals surface area contributed by atoms with Crippen molar-refractivity contribution in [3.8, 4) is 23.2 Å². The minimum absolute atomic E-state index is 0.0754. The monoisotopic (exact) mass is 502 g/mol. The summed E-state index contributed by atoms with van der Waals surface area (Å²) in [5, 5.41) is 25.3. The lowest BCUT2D eigenvalue weighted by Crippen LogP contribution is -2.51. The Morgan fingerprint density at radius 1 is 1.36 bits per heavy atom. The molecule has 0 unspecified atom stereocenters. The average Bonchev–Trinajstić information content (AvgIpc) is 3.34. The van der Waals surface area contributed by atoms with Crippen molar-refractivity contribution in [2.24, 2.45) is 0 Å². The molecule has 36 heavy (non-hydrogen) atoms. The molecule has 3 heterocycles. The van der Waals surface area contributed by atoms with Crippen molar-refractivity contribution in [2.45, 2.75) is 38.3 Å². The molecule has 11 nitrogen and oxygen atoms in total. The van der Waals surface area contributed by atoms with E-state index in [1.165, 1.54) is 36.5 Å². The third kappa shape index (κ3) is 5.52. The van der Waals surface area contributed by atoms with Gasteiger partial charge in [0.1, 0.15) is 30.4 Å². The van der Waals surface area contributed by atoms with Gasteiger partial charge in [-0.15, -0.1) is 0 Å². The number of anilines is 2. The Morgan fingerprint density at radius 2 is 2.17 bits per heavy atom. The second-order valence-electron chi connectivity index (χ2n) is 7.99. The van der Waals surface area contributed by atoms with Crippen LogP contribution in [0.4, 0.5) is 24.8 Å².